The molecule has 0 atom stereocenters. The van der Waals surface area contributed by atoms with Crippen LogP contribution in [-0.2, 0) is 0 Å². The largest absolute Gasteiger partial charge is 0.147 e. The van der Waals surface area contributed by atoms with Gasteiger partial charge in [0.25, 0.3) is 0 Å². The molecule has 1 aliphatic rings. The molecule has 1 saturated carbocycles. The zero-order chi connectivity index (χ0) is 2.83. The minimum atomic E-state index is 0. The van der Waals surface area contributed by atoms with E-state index >= 15 is 0 Å². The van der Waals surface area contributed by atoms with Crippen LogP contribution >= 0.6 is 24.8 Å². The lowest BCUT2D eigenvalue weighted by atomic mass is 10.0. The quantitative estimate of drug-likeness (QED) is 0.471. The molecule has 40 valence electrons. The average Bonchev–Trinajstić information content (AvgIpc) is 0.722. The van der Waals surface area contributed by atoms with Crippen molar-refractivity contribution in [2.24, 2.45) is 0 Å². The third-order valence-electron chi connectivity index (χ3n) is 1.000. The average molecular weight is 129 g/mol. The smallest absolute Gasteiger partial charge is 0.0533 e. The molecule has 0 N–H and O–H groups in total. The lowest BCUT2D eigenvalue weighted by molar-refractivity contribution is 0.504. The van der Waals surface area contributed by atoms with Gasteiger partial charge in [-0.2, -0.15) is 0 Å². The van der Waals surface area contributed by atoms with Gasteiger partial charge in [0.05, 0.1) is 0 Å². The highest BCUT2D eigenvalue weighted by Crippen LogP contribution is 2.15. The summed E-state index contributed by atoms with van der Waals surface area (Å²) in [5.74, 6) is 0. The molecule has 0 aromatic carbocycles. The van der Waals surface area contributed by atoms with E-state index in [4.69, 9.17) is 0 Å². The SMILES string of the molecule is C1CCC1.Cl.Cl. The molecule has 0 bridgehead atoms. The summed E-state index contributed by atoms with van der Waals surface area (Å²) in [6, 6.07) is 0. The van der Waals surface area contributed by atoms with Crippen molar-refractivity contribution in [1.82, 2.24) is 0 Å². The van der Waals surface area contributed by atoms with Crippen molar-refractivity contribution >= 4 is 24.8 Å². The van der Waals surface area contributed by atoms with Gasteiger partial charge >= 0.3 is 0 Å². The second-order valence-electron chi connectivity index (χ2n) is 1.41. The molecule has 0 aromatic rings. The van der Waals surface area contributed by atoms with E-state index in [2.05, 4.69) is 0 Å². The molecule has 0 aliphatic heterocycles. The highest BCUT2D eigenvalue weighted by Gasteiger charge is 1.95. The zero-order valence-electron chi connectivity index (χ0n) is 3.64. The Labute approximate surface area is 51.1 Å². The minimum absolute atomic E-state index is 0. The van der Waals surface area contributed by atoms with Crippen molar-refractivity contribution in [3.05, 3.63) is 0 Å². The van der Waals surface area contributed by atoms with E-state index in [0.717, 1.165) is 0 Å². The van der Waals surface area contributed by atoms with Gasteiger partial charge in [-0.3, -0.25) is 0 Å². The summed E-state index contributed by atoms with van der Waals surface area (Å²) >= 11 is 0. The van der Waals surface area contributed by atoms with Gasteiger partial charge in [-0.05, 0) is 0 Å². The summed E-state index contributed by atoms with van der Waals surface area (Å²) < 4.78 is 0. The van der Waals surface area contributed by atoms with E-state index in [1.165, 1.54) is 25.7 Å². The molecule has 0 unspecified atom stereocenters. The van der Waals surface area contributed by atoms with E-state index < -0.39 is 0 Å². The Hall–Kier alpha value is 0.580. The molecule has 2 heteroatoms. The number of rotatable bonds is 0. The fourth-order valence-corrected chi connectivity index (χ4v) is 0.250. The summed E-state index contributed by atoms with van der Waals surface area (Å²) in [5.41, 5.74) is 0. The zero-order valence-corrected chi connectivity index (χ0v) is 5.28. The number of halogens is 2. The van der Waals surface area contributed by atoms with Crippen LogP contribution in [0.25, 0.3) is 0 Å². The first-order valence-electron chi connectivity index (χ1n) is 2.00. The van der Waals surface area contributed by atoms with Crippen LogP contribution in [0.1, 0.15) is 25.7 Å². The summed E-state index contributed by atoms with van der Waals surface area (Å²) in [4.78, 5) is 0. The van der Waals surface area contributed by atoms with E-state index in [1.54, 1.807) is 0 Å². The molecule has 0 spiro atoms. The Kier molecular flexibility index (Phi) is 9.08. The van der Waals surface area contributed by atoms with Crippen LogP contribution in [0.5, 0.6) is 0 Å². The molecule has 0 saturated heterocycles. The maximum absolute atomic E-state index is 1.50. The molecule has 0 heterocycles. The van der Waals surface area contributed by atoms with Crippen LogP contribution in [-0.4, -0.2) is 0 Å². The van der Waals surface area contributed by atoms with Gasteiger partial charge in [0.2, 0.25) is 0 Å². The molecule has 6 heavy (non-hydrogen) atoms. The Morgan fingerprint density at radius 3 is 0.667 bits per heavy atom. The van der Waals surface area contributed by atoms with Crippen LogP contribution < -0.4 is 0 Å². The van der Waals surface area contributed by atoms with Crippen molar-refractivity contribution in [2.75, 3.05) is 0 Å². The van der Waals surface area contributed by atoms with E-state index in [1.807, 2.05) is 0 Å². The second-order valence-corrected chi connectivity index (χ2v) is 1.41. The topological polar surface area (TPSA) is 0 Å². The maximum Gasteiger partial charge on any atom is -0.0533 e. The van der Waals surface area contributed by atoms with E-state index in [-0.39, 0.29) is 24.8 Å². The first-order valence-corrected chi connectivity index (χ1v) is 2.00. The molecular weight excluding hydrogens is 119 g/mol. The Balaban J connectivity index is 0. The fraction of sp³-hybridized carbons (Fsp3) is 1.00. The predicted molar refractivity (Wildman–Crippen MR) is 33.0 cm³/mol. The molecule has 1 fully saturated rings. The van der Waals surface area contributed by atoms with Crippen molar-refractivity contribution in [2.45, 2.75) is 25.7 Å². The normalized spacial score (nSPS) is 16.0. The molecule has 1 aliphatic carbocycles. The van der Waals surface area contributed by atoms with Gasteiger partial charge in [0, 0.05) is 0 Å². The summed E-state index contributed by atoms with van der Waals surface area (Å²) in [6.45, 7) is 0. The summed E-state index contributed by atoms with van der Waals surface area (Å²) in [5, 5.41) is 0. The highest BCUT2D eigenvalue weighted by atomic mass is 35.5. The molecule has 1 rings (SSSR count). The van der Waals surface area contributed by atoms with Crippen LogP contribution in [0.15, 0.2) is 0 Å². The Morgan fingerprint density at radius 1 is 0.500 bits per heavy atom. The van der Waals surface area contributed by atoms with Gasteiger partial charge in [-0.15, -0.1) is 24.8 Å². The third-order valence-corrected chi connectivity index (χ3v) is 1.000. The molecule has 0 nitrogen and oxygen atoms in total. The maximum atomic E-state index is 1.50. The molecule has 0 amide bonds. The van der Waals surface area contributed by atoms with Crippen LogP contribution in [0.2, 0.25) is 0 Å². The van der Waals surface area contributed by atoms with Gasteiger partial charge < -0.3 is 0 Å². The summed E-state index contributed by atoms with van der Waals surface area (Å²) in [6.07, 6.45) is 6.00. The van der Waals surface area contributed by atoms with Crippen LogP contribution in [0.3, 0.4) is 0 Å². The lowest BCUT2D eigenvalue weighted by Gasteiger charge is -2.05. The van der Waals surface area contributed by atoms with Gasteiger partial charge in [0.15, 0.2) is 0 Å². The van der Waals surface area contributed by atoms with Crippen LogP contribution in [0.4, 0.5) is 0 Å². The highest BCUT2D eigenvalue weighted by molar-refractivity contribution is 5.85. The van der Waals surface area contributed by atoms with Crippen molar-refractivity contribution in [3.63, 3.8) is 0 Å². The molecule has 0 aromatic heterocycles. The Morgan fingerprint density at radius 2 is 0.667 bits per heavy atom. The van der Waals surface area contributed by atoms with Gasteiger partial charge in [0.1, 0.15) is 0 Å². The predicted octanol–water partition coefficient (Wildman–Crippen LogP) is 2.40. The third kappa shape index (κ3) is 2.80. The van der Waals surface area contributed by atoms with Crippen LogP contribution in [0, 0.1) is 0 Å². The number of hydrogen-bond acceptors (Lipinski definition) is 0. The standard InChI is InChI=1S/C4H8.2ClH/c1-2-4-3-1;;/h1-4H2;2*1H. The number of hydrogen-bond donors (Lipinski definition) is 0. The molecular formula is C4H10Cl2. The first kappa shape index (κ1) is 9.77. The second kappa shape index (κ2) is 5.58. The van der Waals surface area contributed by atoms with Gasteiger partial charge in [-0.25, -0.2) is 0 Å². The molecule has 0 radical (unpaired) electrons. The van der Waals surface area contributed by atoms with Crippen molar-refractivity contribution in [1.29, 1.82) is 0 Å². The Bertz CT molecular complexity index is 13.5. The minimum Gasteiger partial charge on any atom is -0.147 e. The summed E-state index contributed by atoms with van der Waals surface area (Å²) in [7, 11) is 0. The monoisotopic (exact) mass is 128 g/mol. The fourth-order valence-electron chi connectivity index (χ4n) is 0.250. The van der Waals surface area contributed by atoms with E-state index in [0.29, 0.717) is 0 Å². The van der Waals surface area contributed by atoms with Crippen molar-refractivity contribution in [3.8, 4) is 0 Å². The van der Waals surface area contributed by atoms with Gasteiger partial charge in [-0.1, -0.05) is 25.7 Å². The van der Waals surface area contributed by atoms with E-state index in [9.17, 15) is 0 Å². The lowest BCUT2D eigenvalue weighted by Crippen LogP contribution is -1.85. The van der Waals surface area contributed by atoms with Crippen molar-refractivity contribution < 1.29 is 0 Å². The first-order chi connectivity index (χ1) is 2.00.